The van der Waals surface area contributed by atoms with Crippen molar-refractivity contribution >= 4 is 5.91 Å². The number of rotatable bonds is 6. The number of ether oxygens (including phenoxy) is 1. The van der Waals surface area contributed by atoms with Crippen molar-refractivity contribution in [2.45, 2.75) is 31.5 Å². The van der Waals surface area contributed by atoms with Crippen LogP contribution in [0.25, 0.3) is 0 Å². The van der Waals surface area contributed by atoms with Gasteiger partial charge in [-0.1, -0.05) is 30.3 Å². The molecule has 2 unspecified atom stereocenters. The topological polar surface area (TPSA) is 67.6 Å². The second-order valence-electron chi connectivity index (χ2n) is 6.27. The van der Waals surface area contributed by atoms with Gasteiger partial charge in [0.15, 0.2) is 0 Å². The van der Waals surface area contributed by atoms with E-state index in [0.717, 1.165) is 13.1 Å². The Hall–Kier alpha value is -1.43. The molecule has 0 radical (unpaired) electrons. The molecule has 1 aromatic carbocycles. The van der Waals surface area contributed by atoms with Gasteiger partial charge in [0, 0.05) is 32.2 Å². The van der Waals surface area contributed by atoms with Gasteiger partial charge >= 0.3 is 0 Å². The van der Waals surface area contributed by atoms with Crippen LogP contribution >= 0.6 is 0 Å². The Morgan fingerprint density at radius 3 is 2.82 bits per heavy atom. The van der Waals surface area contributed by atoms with Crippen LogP contribution in [0.1, 0.15) is 18.4 Å². The number of nitrogens with one attached hydrogen (secondary N) is 1. The predicted octanol–water partition coefficient (Wildman–Crippen LogP) is 0.741. The maximum atomic E-state index is 12.4. The molecule has 3 N–H and O–H groups in total. The first kappa shape index (κ1) is 15.5. The van der Waals surface area contributed by atoms with Crippen molar-refractivity contribution in [3.63, 3.8) is 0 Å². The van der Waals surface area contributed by atoms with Crippen LogP contribution < -0.4 is 11.1 Å². The minimum Gasteiger partial charge on any atom is -0.366 e. The average molecular weight is 303 g/mol. The fraction of sp³-hybridized carbons (Fsp3) is 0.588. The van der Waals surface area contributed by atoms with Crippen molar-refractivity contribution in [3.05, 3.63) is 35.9 Å². The second-order valence-corrected chi connectivity index (χ2v) is 6.27. The number of hydrogen-bond acceptors (Lipinski definition) is 4. The molecule has 3 rings (SSSR count). The number of morpholine rings is 1. The lowest BCUT2D eigenvalue weighted by Crippen LogP contribution is -2.53. The van der Waals surface area contributed by atoms with E-state index >= 15 is 0 Å². The Morgan fingerprint density at radius 1 is 1.36 bits per heavy atom. The summed E-state index contributed by atoms with van der Waals surface area (Å²) in [4.78, 5) is 14.7. The van der Waals surface area contributed by atoms with Gasteiger partial charge in [0.05, 0.1) is 6.61 Å². The minimum absolute atomic E-state index is 0.0138. The van der Waals surface area contributed by atoms with Crippen molar-refractivity contribution < 1.29 is 9.53 Å². The Balaban J connectivity index is 1.52. The third-order valence-electron chi connectivity index (χ3n) is 4.46. The highest BCUT2D eigenvalue weighted by Crippen LogP contribution is 2.32. The Morgan fingerprint density at radius 2 is 2.14 bits per heavy atom. The lowest BCUT2D eigenvalue weighted by atomic mass is 10.1. The van der Waals surface area contributed by atoms with Gasteiger partial charge in [0.2, 0.25) is 0 Å². The summed E-state index contributed by atoms with van der Waals surface area (Å²) in [6.45, 7) is 3.47. The van der Waals surface area contributed by atoms with Crippen molar-refractivity contribution in [1.29, 1.82) is 0 Å². The summed E-state index contributed by atoms with van der Waals surface area (Å²) in [5, 5.41) is 3.07. The first-order valence-corrected chi connectivity index (χ1v) is 8.14. The molecule has 22 heavy (non-hydrogen) atoms. The molecule has 0 bridgehead atoms. The van der Waals surface area contributed by atoms with Crippen LogP contribution in [0.2, 0.25) is 0 Å². The van der Waals surface area contributed by atoms with E-state index in [1.807, 2.05) is 18.2 Å². The van der Waals surface area contributed by atoms with E-state index in [2.05, 4.69) is 22.3 Å². The number of carbonyl (C=O) groups is 1. The number of nitrogens with two attached hydrogens (primary N) is 1. The monoisotopic (exact) mass is 303 g/mol. The molecule has 0 spiro atoms. The number of hydrogen-bond donors (Lipinski definition) is 2. The van der Waals surface area contributed by atoms with E-state index < -0.39 is 0 Å². The van der Waals surface area contributed by atoms with E-state index in [-0.39, 0.29) is 18.1 Å². The summed E-state index contributed by atoms with van der Waals surface area (Å²) in [7, 11) is 0. The molecule has 0 aromatic heterocycles. The number of benzene rings is 1. The molecule has 1 amide bonds. The molecule has 1 heterocycles. The van der Waals surface area contributed by atoms with Crippen LogP contribution in [0.15, 0.2) is 30.3 Å². The molecule has 120 valence electrons. The molecule has 1 aliphatic carbocycles. The Labute approximate surface area is 131 Å². The van der Waals surface area contributed by atoms with E-state index in [0.29, 0.717) is 25.6 Å². The third-order valence-corrected chi connectivity index (χ3v) is 4.46. The molecule has 1 aliphatic heterocycles. The summed E-state index contributed by atoms with van der Waals surface area (Å²) in [5.74, 6) is 0.554. The normalized spacial score (nSPS) is 24.0. The zero-order chi connectivity index (χ0) is 15.4. The number of nitrogens with zero attached hydrogens (tertiary/aromatic N) is 1. The maximum Gasteiger partial charge on any atom is 0.250 e. The van der Waals surface area contributed by atoms with Gasteiger partial charge in [-0.3, -0.25) is 9.69 Å². The van der Waals surface area contributed by atoms with E-state index in [9.17, 15) is 4.79 Å². The number of amides is 1. The van der Waals surface area contributed by atoms with Gasteiger partial charge in [-0.2, -0.15) is 0 Å². The molecule has 1 saturated heterocycles. The molecular weight excluding hydrogens is 278 g/mol. The van der Waals surface area contributed by atoms with Gasteiger partial charge in [-0.15, -0.1) is 0 Å². The fourth-order valence-corrected chi connectivity index (χ4v) is 2.99. The SMILES string of the molecule is NCC(NC(=O)C1CN(Cc2ccccc2)CCO1)C1CC1. The molecule has 5 nitrogen and oxygen atoms in total. The zero-order valence-corrected chi connectivity index (χ0v) is 12.9. The van der Waals surface area contributed by atoms with Gasteiger partial charge < -0.3 is 15.8 Å². The van der Waals surface area contributed by atoms with E-state index in [4.69, 9.17) is 10.5 Å². The Bertz CT molecular complexity index is 490. The molecule has 1 aromatic rings. The smallest absolute Gasteiger partial charge is 0.250 e. The van der Waals surface area contributed by atoms with Crippen molar-refractivity contribution in [1.82, 2.24) is 10.2 Å². The van der Waals surface area contributed by atoms with E-state index in [1.54, 1.807) is 0 Å². The zero-order valence-electron chi connectivity index (χ0n) is 12.9. The lowest BCUT2D eigenvalue weighted by Gasteiger charge is -2.33. The fourth-order valence-electron chi connectivity index (χ4n) is 2.99. The molecule has 1 saturated carbocycles. The van der Waals surface area contributed by atoms with Gasteiger partial charge in [0.1, 0.15) is 6.10 Å². The summed E-state index contributed by atoms with van der Waals surface area (Å²) < 4.78 is 5.66. The highest BCUT2D eigenvalue weighted by molar-refractivity contribution is 5.81. The first-order chi connectivity index (χ1) is 10.8. The Kier molecular flexibility index (Phi) is 5.08. The second kappa shape index (κ2) is 7.22. The summed E-state index contributed by atoms with van der Waals surface area (Å²) in [6, 6.07) is 10.4. The van der Waals surface area contributed by atoms with Gasteiger partial charge in [-0.25, -0.2) is 0 Å². The number of carbonyl (C=O) groups excluding carboxylic acids is 1. The van der Waals surface area contributed by atoms with Gasteiger partial charge in [-0.05, 0) is 24.3 Å². The molecule has 5 heteroatoms. The summed E-state index contributed by atoms with van der Waals surface area (Å²) in [5.41, 5.74) is 7.02. The van der Waals surface area contributed by atoms with Crippen molar-refractivity contribution in [2.24, 2.45) is 11.7 Å². The van der Waals surface area contributed by atoms with Crippen molar-refractivity contribution in [3.8, 4) is 0 Å². The third kappa shape index (κ3) is 4.06. The minimum atomic E-state index is -0.384. The average Bonchev–Trinajstić information content (AvgIpc) is 3.38. The van der Waals surface area contributed by atoms with Crippen LogP contribution in [-0.4, -0.2) is 49.2 Å². The standard InChI is InChI=1S/C17H25N3O2/c18-10-15(14-6-7-14)19-17(21)16-12-20(8-9-22-16)11-13-4-2-1-3-5-13/h1-5,14-16H,6-12,18H2,(H,19,21). The molecule has 2 atom stereocenters. The maximum absolute atomic E-state index is 12.4. The predicted molar refractivity (Wildman–Crippen MR) is 85.2 cm³/mol. The molecular formula is C17H25N3O2. The van der Waals surface area contributed by atoms with Crippen LogP contribution in [0, 0.1) is 5.92 Å². The molecule has 2 fully saturated rings. The van der Waals surface area contributed by atoms with Crippen LogP contribution in [0.3, 0.4) is 0 Å². The summed E-state index contributed by atoms with van der Waals surface area (Å²) >= 11 is 0. The van der Waals surface area contributed by atoms with Crippen LogP contribution in [-0.2, 0) is 16.1 Å². The van der Waals surface area contributed by atoms with Crippen LogP contribution in [0.5, 0.6) is 0 Å². The highest BCUT2D eigenvalue weighted by atomic mass is 16.5. The van der Waals surface area contributed by atoms with Crippen molar-refractivity contribution in [2.75, 3.05) is 26.2 Å². The highest BCUT2D eigenvalue weighted by Gasteiger charge is 2.34. The first-order valence-electron chi connectivity index (χ1n) is 8.14. The summed E-state index contributed by atoms with van der Waals surface area (Å²) in [6.07, 6.45) is 1.96. The largest absolute Gasteiger partial charge is 0.366 e. The quantitative estimate of drug-likeness (QED) is 0.813. The van der Waals surface area contributed by atoms with Gasteiger partial charge in [0.25, 0.3) is 5.91 Å². The molecule has 2 aliphatic rings. The van der Waals surface area contributed by atoms with E-state index in [1.165, 1.54) is 18.4 Å². The lowest BCUT2D eigenvalue weighted by molar-refractivity contribution is -0.139. The van der Waals surface area contributed by atoms with Crippen LogP contribution in [0.4, 0.5) is 0 Å².